The summed E-state index contributed by atoms with van der Waals surface area (Å²) in [6.45, 7) is 0. The van der Waals surface area contributed by atoms with E-state index in [1.165, 1.54) is 0 Å². The van der Waals surface area contributed by atoms with E-state index in [2.05, 4.69) is 94.1 Å². The summed E-state index contributed by atoms with van der Waals surface area (Å²) in [7, 11) is 0. The number of fused-ring (bicyclic) bond motifs is 6. The molecule has 0 atom stereocenters. The molecule has 0 aliphatic rings. The number of hydrogen-bond donors (Lipinski definition) is 0. The highest BCUT2D eigenvalue weighted by Crippen LogP contribution is 2.42. The second-order valence-electron chi connectivity index (χ2n) is 12.3. The number of nitriles is 3. The molecule has 0 aliphatic heterocycles. The van der Waals surface area contributed by atoms with E-state index in [0.29, 0.717) is 16.7 Å². The van der Waals surface area contributed by atoms with E-state index in [4.69, 9.17) is 0 Å². The highest BCUT2D eigenvalue weighted by molar-refractivity contribution is 6.11. The molecule has 0 aliphatic carbocycles. The predicted molar refractivity (Wildman–Crippen MR) is 200 cm³/mol. The van der Waals surface area contributed by atoms with Crippen molar-refractivity contribution in [2.45, 2.75) is 0 Å². The highest BCUT2D eigenvalue weighted by atomic mass is 15.0. The minimum Gasteiger partial charge on any atom is -0.309 e. The summed E-state index contributed by atoms with van der Waals surface area (Å²) >= 11 is 0. The van der Waals surface area contributed by atoms with E-state index in [0.717, 1.165) is 77.2 Å². The van der Waals surface area contributed by atoms with E-state index in [1.54, 1.807) is 0 Å². The Morgan fingerprint density at radius 1 is 0.400 bits per heavy atom. The molecule has 5 heteroatoms. The molecule has 9 aromatic rings. The molecule has 0 unspecified atom stereocenters. The Hall–Kier alpha value is -7.39. The molecule has 0 radical (unpaired) electrons. The Bertz CT molecular complexity index is 2970. The lowest BCUT2D eigenvalue weighted by atomic mass is 9.90. The first-order valence-corrected chi connectivity index (χ1v) is 16.3. The maximum atomic E-state index is 10.5. The fraction of sp³-hybridized carbons (Fsp3) is 0. The average Bonchev–Trinajstić information content (AvgIpc) is 3.69. The first kappa shape index (κ1) is 28.8. The van der Waals surface area contributed by atoms with Gasteiger partial charge in [0.1, 0.15) is 0 Å². The lowest BCUT2D eigenvalue weighted by Gasteiger charge is -2.19. The zero-order valence-electron chi connectivity index (χ0n) is 26.7. The average molecular weight is 636 g/mol. The Balaban J connectivity index is 1.30. The molecule has 9 rings (SSSR count). The van der Waals surface area contributed by atoms with Crippen molar-refractivity contribution in [2.75, 3.05) is 0 Å². The smallest absolute Gasteiger partial charge is 0.0998 e. The molecule has 0 N–H and O–H groups in total. The topological polar surface area (TPSA) is 81.2 Å². The van der Waals surface area contributed by atoms with Crippen LogP contribution in [0.15, 0.2) is 152 Å². The van der Waals surface area contributed by atoms with Crippen molar-refractivity contribution in [2.24, 2.45) is 0 Å². The molecule has 50 heavy (non-hydrogen) atoms. The second kappa shape index (κ2) is 11.4. The summed E-state index contributed by atoms with van der Waals surface area (Å²) in [5, 5.41) is 34.2. The third-order valence-electron chi connectivity index (χ3n) is 9.62. The van der Waals surface area contributed by atoms with Crippen LogP contribution < -0.4 is 0 Å². The third kappa shape index (κ3) is 4.31. The van der Waals surface area contributed by atoms with Crippen LogP contribution in [0.1, 0.15) is 16.7 Å². The van der Waals surface area contributed by atoms with Gasteiger partial charge < -0.3 is 9.13 Å². The molecule has 2 aromatic heterocycles. The molecule has 2 heterocycles. The molecule has 0 saturated heterocycles. The largest absolute Gasteiger partial charge is 0.309 e. The second-order valence-corrected chi connectivity index (χ2v) is 12.3. The van der Waals surface area contributed by atoms with Crippen molar-refractivity contribution < 1.29 is 0 Å². The molecule has 0 bridgehead atoms. The number of benzene rings is 7. The van der Waals surface area contributed by atoms with Crippen LogP contribution in [-0.4, -0.2) is 9.13 Å². The predicted octanol–water partition coefficient (Wildman–Crippen LogP) is 10.8. The Morgan fingerprint density at radius 3 is 1.80 bits per heavy atom. The summed E-state index contributed by atoms with van der Waals surface area (Å²) in [6, 6.07) is 57.8. The molecule has 0 amide bonds. The standard InChI is InChI=1S/C45H25N5/c46-26-29-20-22-42-39(23-29)36-14-4-6-17-41(36)50(42)43-18-8-10-32(28-48)45(43)38-15-2-1-12-34(38)31-9-7-11-33(25-31)49-40-16-5-3-13-35(40)37-21-19-30(27-47)24-44(37)49/h1-25H. The molecule has 7 aromatic carbocycles. The number of hydrogen-bond acceptors (Lipinski definition) is 3. The monoisotopic (exact) mass is 635 g/mol. The van der Waals surface area contributed by atoms with Gasteiger partial charge in [0.15, 0.2) is 0 Å². The number of aromatic nitrogens is 2. The minimum atomic E-state index is 0.567. The highest BCUT2D eigenvalue weighted by Gasteiger charge is 2.21. The molecular weight excluding hydrogens is 611 g/mol. The number of para-hydroxylation sites is 2. The van der Waals surface area contributed by atoms with Gasteiger partial charge in [-0.2, -0.15) is 15.8 Å². The molecule has 5 nitrogen and oxygen atoms in total. The van der Waals surface area contributed by atoms with Gasteiger partial charge in [0.05, 0.1) is 62.7 Å². The van der Waals surface area contributed by atoms with Gasteiger partial charge in [0.2, 0.25) is 0 Å². The first-order chi connectivity index (χ1) is 24.7. The van der Waals surface area contributed by atoms with Crippen LogP contribution in [0, 0.1) is 34.0 Å². The zero-order valence-corrected chi connectivity index (χ0v) is 26.7. The van der Waals surface area contributed by atoms with E-state index in [1.807, 2.05) is 84.9 Å². The van der Waals surface area contributed by atoms with Crippen molar-refractivity contribution >= 4 is 43.6 Å². The SMILES string of the molecule is N#Cc1ccc2c(c1)c1ccccc1n2-c1cccc(C#N)c1-c1ccccc1-c1cccc(-n2c3ccccc3c3ccc(C#N)cc32)c1. The van der Waals surface area contributed by atoms with E-state index in [9.17, 15) is 15.8 Å². The third-order valence-corrected chi connectivity index (χ3v) is 9.62. The van der Waals surface area contributed by atoms with Crippen LogP contribution in [0.3, 0.4) is 0 Å². The summed E-state index contributed by atoms with van der Waals surface area (Å²) in [5.41, 5.74) is 11.4. The molecule has 0 fully saturated rings. The summed E-state index contributed by atoms with van der Waals surface area (Å²) in [6.07, 6.45) is 0. The Morgan fingerprint density at radius 2 is 1.02 bits per heavy atom. The Labute approximate surface area is 287 Å². The molecule has 0 saturated carbocycles. The van der Waals surface area contributed by atoms with Gasteiger partial charge >= 0.3 is 0 Å². The van der Waals surface area contributed by atoms with E-state index in [-0.39, 0.29) is 0 Å². The van der Waals surface area contributed by atoms with Gasteiger partial charge in [-0.25, -0.2) is 0 Å². The van der Waals surface area contributed by atoms with Crippen molar-refractivity contribution in [1.82, 2.24) is 9.13 Å². The van der Waals surface area contributed by atoms with Crippen molar-refractivity contribution in [1.29, 1.82) is 15.8 Å². The minimum absolute atomic E-state index is 0.567. The number of rotatable bonds is 4. The fourth-order valence-electron chi connectivity index (χ4n) is 7.49. The lowest BCUT2D eigenvalue weighted by molar-refractivity contribution is 1.18. The van der Waals surface area contributed by atoms with Crippen LogP contribution in [0.5, 0.6) is 0 Å². The summed E-state index contributed by atoms with van der Waals surface area (Å²) in [4.78, 5) is 0. The lowest BCUT2D eigenvalue weighted by Crippen LogP contribution is -2.01. The van der Waals surface area contributed by atoms with Gasteiger partial charge in [0.25, 0.3) is 0 Å². The molecular formula is C45H25N5. The maximum Gasteiger partial charge on any atom is 0.0998 e. The van der Waals surface area contributed by atoms with Crippen LogP contribution >= 0.6 is 0 Å². The summed E-state index contributed by atoms with van der Waals surface area (Å²) in [5.74, 6) is 0. The van der Waals surface area contributed by atoms with Crippen LogP contribution in [0.2, 0.25) is 0 Å². The van der Waals surface area contributed by atoms with Crippen LogP contribution in [0.25, 0.3) is 77.2 Å². The number of nitrogens with zero attached hydrogens (tertiary/aromatic N) is 5. The van der Waals surface area contributed by atoms with Crippen molar-refractivity contribution in [3.8, 4) is 51.8 Å². The van der Waals surface area contributed by atoms with Crippen LogP contribution in [0.4, 0.5) is 0 Å². The van der Waals surface area contributed by atoms with E-state index >= 15 is 0 Å². The maximum absolute atomic E-state index is 10.5. The van der Waals surface area contributed by atoms with Gasteiger partial charge in [-0.05, 0) is 83.4 Å². The molecule has 230 valence electrons. The molecule has 0 spiro atoms. The quantitative estimate of drug-likeness (QED) is 0.193. The summed E-state index contributed by atoms with van der Waals surface area (Å²) < 4.78 is 4.43. The van der Waals surface area contributed by atoms with Gasteiger partial charge in [0, 0.05) is 32.8 Å². The fourth-order valence-corrected chi connectivity index (χ4v) is 7.49. The Kier molecular flexibility index (Phi) is 6.56. The first-order valence-electron chi connectivity index (χ1n) is 16.3. The van der Waals surface area contributed by atoms with Crippen molar-refractivity contribution in [3.05, 3.63) is 168 Å². The van der Waals surface area contributed by atoms with E-state index < -0.39 is 0 Å². The van der Waals surface area contributed by atoms with Crippen LogP contribution in [-0.2, 0) is 0 Å². The van der Waals surface area contributed by atoms with Gasteiger partial charge in [-0.3, -0.25) is 0 Å². The normalized spacial score (nSPS) is 11.1. The zero-order chi connectivity index (χ0) is 33.8. The van der Waals surface area contributed by atoms with Crippen molar-refractivity contribution in [3.63, 3.8) is 0 Å². The van der Waals surface area contributed by atoms with Gasteiger partial charge in [-0.15, -0.1) is 0 Å². The van der Waals surface area contributed by atoms with Gasteiger partial charge in [-0.1, -0.05) is 84.9 Å².